The Morgan fingerprint density at radius 3 is 2.68 bits per heavy atom. The number of hydrogen-bond donors (Lipinski definition) is 1. The molecule has 1 N–H and O–H groups in total. The number of aryl methyl sites for hydroxylation is 1. The number of halogens is 1. The van der Waals surface area contributed by atoms with Crippen molar-refractivity contribution in [3.8, 4) is 0 Å². The Morgan fingerprint density at radius 2 is 1.96 bits per heavy atom. The molecule has 1 heterocycles. The highest BCUT2D eigenvalue weighted by atomic mass is 35.5. The summed E-state index contributed by atoms with van der Waals surface area (Å²) in [6, 6.07) is 10.3. The van der Waals surface area contributed by atoms with Crippen LogP contribution in [0.2, 0.25) is 5.02 Å². The normalized spacial score (nSPS) is 11.4. The van der Waals surface area contributed by atoms with Crippen molar-refractivity contribution in [2.75, 3.05) is 4.72 Å². The molecule has 3 rings (SSSR count). The number of nitro benzene ring substituents is 1. The van der Waals surface area contributed by atoms with Crippen LogP contribution >= 0.6 is 11.6 Å². The van der Waals surface area contributed by atoms with E-state index in [9.17, 15) is 18.5 Å². The van der Waals surface area contributed by atoms with Gasteiger partial charge in [0.1, 0.15) is 9.92 Å². The predicted molar refractivity (Wildman–Crippen MR) is 95.4 cm³/mol. The topological polar surface area (TPSA) is 102 Å². The number of pyridine rings is 1. The lowest BCUT2D eigenvalue weighted by atomic mass is 10.2. The van der Waals surface area contributed by atoms with Crippen LogP contribution in [0, 0.1) is 17.0 Å². The number of nitrogens with zero attached hydrogens (tertiary/aromatic N) is 2. The third kappa shape index (κ3) is 3.40. The van der Waals surface area contributed by atoms with Crippen LogP contribution in [0.5, 0.6) is 0 Å². The Bertz CT molecular complexity index is 1100. The molecule has 0 amide bonds. The van der Waals surface area contributed by atoms with Gasteiger partial charge in [0.2, 0.25) is 0 Å². The molecule has 0 radical (unpaired) electrons. The van der Waals surface area contributed by atoms with Crippen molar-refractivity contribution in [3.05, 3.63) is 69.4 Å². The van der Waals surface area contributed by atoms with Crippen LogP contribution in [0.1, 0.15) is 5.56 Å². The Hall–Kier alpha value is -2.71. The zero-order chi connectivity index (χ0) is 18.2. The van der Waals surface area contributed by atoms with Crippen LogP contribution in [0.3, 0.4) is 0 Å². The largest absolute Gasteiger partial charge is 0.289 e. The molecule has 0 aliphatic rings. The van der Waals surface area contributed by atoms with Gasteiger partial charge in [-0.15, -0.1) is 0 Å². The highest BCUT2D eigenvalue weighted by Crippen LogP contribution is 2.29. The van der Waals surface area contributed by atoms with Gasteiger partial charge in [0.15, 0.2) is 0 Å². The van der Waals surface area contributed by atoms with E-state index < -0.39 is 14.9 Å². The number of anilines is 1. The lowest BCUT2D eigenvalue weighted by Gasteiger charge is -2.10. The number of sulfonamides is 1. The highest BCUT2D eigenvalue weighted by Gasteiger charge is 2.20. The van der Waals surface area contributed by atoms with E-state index in [1.165, 1.54) is 18.2 Å². The number of nitrogens with one attached hydrogen (secondary N) is 1. The molecule has 128 valence electrons. The fourth-order valence-electron chi connectivity index (χ4n) is 2.39. The van der Waals surface area contributed by atoms with E-state index >= 15 is 0 Å². The summed E-state index contributed by atoms with van der Waals surface area (Å²) >= 11 is 5.74. The fourth-order valence-corrected chi connectivity index (χ4v) is 3.80. The molecule has 0 aliphatic heterocycles. The maximum atomic E-state index is 12.7. The predicted octanol–water partition coefficient (Wildman–Crippen LogP) is 3.91. The molecule has 3 aromatic rings. The van der Waals surface area contributed by atoms with Gasteiger partial charge in [-0.2, -0.15) is 0 Å². The molecule has 0 saturated carbocycles. The summed E-state index contributed by atoms with van der Waals surface area (Å²) in [5, 5.41) is 11.6. The number of hydrogen-bond acceptors (Lipinski definition) is 5. The molecule has 0 fully saturated rings. The van der Waals surface area contributed by atoms with Gasteiger partial charge in [0, 0.05) is 17.6 Å². The smallest absolute Gasteiger partial charge is 0.279 e. The van der Waals surface area contributed by atoms with E-state index in [0.717, 1.165) is 11.6 Å². The minimum atomic E-state index is -3.99. The maximum absolute atomic E-state index is 12.7. The molecule has 0 bridgehead atoms. The molecule has 0 aliphatic carbocycles. The minimum absolute atomic E-state index is 0.0115. The van der Waals surface area contributed by atoms with Crippen molar-refractivity contribution in [3.63, 3.8) is 0 Å². The molecule has 0 unspecified atom stereocenters. The van der Waals surface area contributed by atoms with Crippen LogP contribution < -0.4 is 4.72 Å². The molecule has 1 aromatic heterocycles. The van der Waals surface area contributed by atoms with Gasteiger partial charge >= 0.3 is 0 Å². The van der Waals surface area contributed by atoms with Gasteiger partial charge < -0.3 is 0 Å². The summed E-state index contributed by atoms with van der Waals surface area (Å²) in [6.07, 6.45) is 1.58. The first-order valence-electron chi connectivity index (χ1n) is 7.10. The monoisotopic (exact) mass is 377 g/mol. The molecule has 0 atom stereocenters. The second kappa shape index (κ2) is 6.30. The molecular formula is C16H12ClN3O4S. The molecule has 25 heavy (non-hydrogen) atoms. The van der Waals surface area contributed by atoms with E-state index in [1.54, 1.807) is 18.3 Å². The molecule has 0 spiro atoms. The third-order valence-corrected chi connectivity index (χ3v) is 5.23. The molecule has 2 aromatic carbocycles. The van der Waals surface area contributed by atoms with Gasteiger partial charge in [-0.05, 0) is 36.8 Å². The van der Waals surface area contributed by atoms with Crippen molar-refractivity contribution in [1.29, 1.82) is 0 Å². The standard InChI is InChI=1S/C16H12ClN3O4S/c1-10-7-11-3-2-4-15(16(11)18-9-10)25(23,24)19-12-5-6-13(17)14(8-12)20(21)22/h2-9,19H,1H3. The Balaban J connectivity index is 2.06. The van der Waals surface area contributed by atoms with Crippen molar-refractivity contribution < 1.29 is 13.3 Å². The fraction of sp³-hybridized carbons (Fsp3) is 0.0625. The van der Waals surface area contributed by atoms with Crippen molar-refractivity contribution in [2.24, 2.45) is 0 Å². The van der Waals surface area contributed by atoms with Gasteiger partial charge in [-0.3, -0.25) is 19.8 Å². The second-order valence-corrected chi connectivity index (χ2v) is 7.43. The van der Waals surface area contributed by atoms with Crippen molar-refractivity contribution in [1.82, 2.24) is 4.98 Å². The summed E-state index contributed by atoms with van der Waals surface area (Å²) in [5.41, 5.74) is 0.890. The van der Waals surface area contributed by atoms with E-state index in [2.05, 4.69) is 9.71 Å². The summed E-state index contributed by atoms with van der Waals surface area (Å²) in [7, 11) is -3.99. The minimum Gasteiger partial charge on any atom is -0.279 e. The molecular weight excluding hydrogens is 366 g/mol. The number of nitro groups is 1. The van der Waals surface area contributed by atoms with Gasteiger partial charge in [-0.1, -0.05) is 23.7 Å². The number of para-hydroxylation sites is 1. The summed E-state index contributed by atoms with van der Waals surface area (Å²) in [4.78, 5) is 14.5. The first-order valence-corrected chi connectivity index (χ1v) is 8.96. The van der Waals surface area contributed by atoms with Crippen LogP contribution in [0.15, 0.2) is 53.6 Å². The first-order chi connectivity index (χ1) is 11.8. The number of aromatic nitrogens is 1. The van der Waals surface area contributed by atoms with E-state index in [0.29, 0.717) is 10.9 Å². The van der Waals surface area contributed by atoms with E-state index in [4.69, 9.17) is 11.6 Å². The Kier molecular flexibility index (Phi) is 4.32. The SMILES string of the molecule is Cc1cnc2c(S(=O)(=O)Nc3ccc(Cl)c([N+](=O)[O-])c3)cccc2c1. The van der Waals surface area contributed by atoms with Crippen LogP contribution in [-0.4, -0.2) is 18.3 Å². The summed E-state index contributed by atoms with van der Waals surface area (Å²) in [5.74, 6) is 0. The maximum Gasteiger partial charge on any atom is 0.289 e. The molecule has 0 saturated heterocycles. The lowest BCUT2D eigenvalue weighted by molar-refractivity contribution is -0.384. The zero-order valence-electron chi connectivity index (χ0n) is 12.9. The van der Waals surface area contributed by atoms with Crippen molar-refractivity contribution in [2.45, 2.75) is 11.8 Å². The average molecular weight is 378 g/mol. The number of rotatable bonds is 4. The lowest BCUT2D eigenvalue weighted by Crippen LogP contribution is -2.14. The Morgan fingerprint density at radius 1 is 1.20 bits per heavy atom. The van der Waals surface area contributed by atoms with Crippen LogP contribution in [0.4, 0.5) is 11.4 Å². The van der Waals surface area contributed by atoms with Gasteiger partial charge in [0.05, 0.1) is 16.1 Å². The molecule has 9 heteroatoms. The quantitative estimate of drug-likeness (QED) is 0.548. The van der Waals surface area contributed by atoms with Crippen LogP contribution in [-0.2, 0) is 10.0 Å². The first kappa shape index (κ1) is 17.1. The highest BCUT2D eigenvalue weighted by molar-refractivity contribution is 7.93. The van der Waals surface area contributed by atoms with E-state index in [1.807, 2.05) is 13.0 Å². The Labute approximate surface area is 148 Å². The van der Waals surface area contributed by atoms with Gasteiger partial charge in [-0.25, -0.2) is 8.42 Å². The van der Waals surface area contributed by atoms with E-state index in [-0.39, 0.29) is 21.3 Å². The van der Waals surface area contributed by atoms with Crippen molar-refractivity contribution >= 4 is 43.9 Å². The summed E-state index contributed by atoms with van der Waals surface area (Å²) in [6.45, 7) is 1.86. The van der Waals surface area contributed by atoms with Gasteiger partial charge in [0.25, 0.3) is 15.7 Å². The number of fused-ring (bicyclic) bond motifs is 1. The molecule has 7 nitrogen and oxygen atoms in total. The third-order valence-electron chi connectivity index (χ3n) is 3.50. The average Bonchev–Trinajstić information content (AvgIpc) is 2.55. The number of benzene rings is 2. The zero-order valence-corrected chi connectivity index (χ0v) is 14.5. The summed E-state index contributed by atoms with van der Waals surface area (Å²) < 4.78 is 27.8. The second-order valence-electron chi connectivity index (χ2n) is 5.37. The van der Waals surface area contributed by atoms with Crippen LogP contribution in [0.25, 0.3) is 10.9 Å².